The van der Waals surface area contributed by atoms with E-state index in [1.165, 1.54) is 19.3 Å². The molecule has 100 valence electrons. The largest absolute Gasteiger partial charge is 0.473 e. The molecule has 2 unspecified atom stereocenters. The molecule has 1 heterocycles. The second-order valence-corrected chi connectivity index (χ2v) is 5.49. The predicted octanol–water partition coefficient (Wildman–Crippen LogP) is 3.41. The SMILES string of the molecule is CNCc1cnc(OC2CCCCC2C)c(Cl)c1. The van der Waals surface area contributed by atoms with E-state index in [-0.39, 0.29) is 6.10 Å². The third-order valence-electron chi connectivity index (χ3n) is 3.54. The molecule has 2 rings (SSSR count). The van der Waals surface area contributed by atoms with Crippen LogP contribution in [0, 0.1) is 5.92 Å². The first-order valence-electron chi connectivity index (χ1n) is 6.66. The lowest BCUT2D eigenvalue weighted by molar-refractivity contribution is 0.0976. The average molecular weight is 269 g/mol. The highest BCUT2D eigenvalue weighted by molar-refractivity contribution is 6.31. The van der Waals surface area contributed by atoms with E-state index in [9.17, 15) is 0 Å². The highest BCUT2D eigenvalue weighted by atomic mass is 35.5. The van der Waals surface area contributed by atoms with Crippen LogP contribution in [0.1, 0.15) is 38.2 Å². The van der Waals surface area contributed by atoms with Gasteiger partial charge in [-0.1, -0.05) is 24.9 Å². The number of pyridine rings is 1. The second kappa shape index (κ2) is 6.39. The van der Waals surface area contributed by atoms with Crippen molar-refractivity contribution in [1.82, 2.24) is 10.3 Å². The van der Waals surface area contributed by atoms with Crippen molar-refractivity contribution in [2.24, 2.45) is 5.92 Å². The van der Waals surface area contributed by atoms with Gasteiger partial charge in [0.1, 0.15) is 11.1 Å². The Hall–Kier alpha value is -0.800. The first kappa shape index (κ1) is 13.6. The molecule has 1 aliphatic rings. The van der Waals surface area contributed by atoms with Crippen molar-refractivity contribution < 1.29 is 4.74 Å². The number of rotatable bonds is 4. The van der Waals surface area contributed by atoms with Crippen LogP contribution in [0.4, 0.5) is 0 Å². The summed E-state index contributed by atoms with van der Waals surface area (Å²) >= 11 is 6.22. The van der Waals surface area contributed by atoms with E-state index < -0.39 is 0 Å². The monoisotopic (exact) mass is 268 g/mol. The van der Waals surface area contributed by atoms with Gasteiger partial charge < -0.3 is 10.1 Å². The predicted molar refractivity (Wildman–Crippen MR) is 74.1 cm³/mol. The van der Waals surface area contributed by atoms with E-state index in [4.69, 9.17) is 16.3 Å². The molecule has 1 aromatic rings. The van der Waals surface area contributed by atoms with Gasteiger partial charge in [-0.25, -0.2) is 4.98 Å². The van der Waals surface area contributed by atoms with Gasteiger partial charge in [0.2, 0.25) is 5.88 Å². The van der Waals surface area contributed by atoms with Crippen LogP contribution in [0.15, 0.2) is 12.3 Å². The lowest BCUT2D eigenvalue weighted by Gasteiger charge is -2.29. The lowest BCUT2D eigenvalue weighted by atomic mass is 9.88. The number of hydrogen-bond donors (Lipinski definition) is 1. The average Bonchev–Trinajstić information content (AvgIpc) is 2.35. The van der Waals surface area contributed by atoms with Crippen LogP contribution in [-0.2, 0) is 6.54 Å². The van der Waals surface area contributed by atoms with Crippen molar-refractivity contribution >= 4 is 11.6 Å². The van der Waals surface area contributed by atoms with Gasteiger partial charge in [0, 0.05) is 12.7 Å². The maximum atomic E-state index is 6.22. The molecule has 4 heteroatoms. The summed E-state index contributed by atoms with van der Waals surface area (Å²) in [4.78, 5) is 4.33. The zero-order valence-corrected chi connectivity index (χ0v) is 11.8. The number of ether oxygens (including phenoxy) is 1. The number of nitrogens with one attached hydrogen (secondary N) is 1. The Morgan fingerprint density at radius 2 is 2.22 bits per heavy atom. The maximum absolute atomic E-state index is 6.22. The second-order valence-electron chi connectivity index (χ2n) is 5.08. The molecule has 0 saturated heterocycles. The fourth-order valence-corrected chi connectivity index (χ4v) is 2.69. The molecule has 0 bridgehead atoms. The molecule has 1 saturated carbocycles. The Bertz CT molecular complexity index is 397. The Morgan fingerprint density at radius 1 is 1.44 bits per heavy atom. The quantitative estimate of drug-likeness (QED) is 0.909. The number of aromatic nitrogens is 1. The molecular weight excluding hydrogens is 248 g/mol. The van der Waals surface area contributed by atoms with Gasteiger partial charge in [-0.3, -0.25) is 0 Å². The van der Waals surface area contributed by atoms with Crippen LogP contribution >= 0.6 is 11.6 Å². The molecule has 0 radical (unpaired) electrons. The van der Waals surface area contributed by atoms with E-state index >= 15 is 0 Å². The van der Waals surface area contributed by atoms with Crippen LogP contribution in [0.3, 0.4) is 0 Å². The minimum Gasteiger partial charge on any atom is -0.473 e. The van der Waals surface area contributed by atoms with Gasteiger partial charge in [-0.2, -0.15) is 0 Å². The Labute approximate surface area is 114 Å². The lowest BCUT2D eigenvalue weighted by Crippen LogP contribution is -2.28. The maximum Gasteiger partial charge on any atom is 0.232 e. The zero-order valence-electron chi connectivity index (χ0n) is 11.1. The van der Waals surface area contributed by atoms with E-state index in [0.29, 0.717) is 16.8 Å². The summed E-state index contributed by atoms with van der Waals surface area (Å²) in [6, 6.07) is 1.92. The zero-order chi connectivity index (χ0) is 13.0. The van der Waals surface area contributed by atoms with E-state index in [1.807, 2.05) is 19.3 Å². The highest BCUT2D eigenvalue weighted by Gasteiger charge is 2.24. The molecule has 1 fully saturated rings. The van der Waals surface area contributed by atoms with Crippen molar-refractivity contribution in [3.8, 4) is 5.88 Å². The molecule has 0 aromatic carbocycles. The highest BCUT2D eigenvalue weighted by Crippen LogP contribution is 2.30. The smallest absolute Gasteiger partial charge is 0.232 e. The van der Waals surface area contributed by atoms with Gasteiger partial charge >= 0.3 is 0 Å². The fourth-order valence-electron chi connectivity index (χ4n) is 2.45. The Balaban J connectivity index is 2.04. The van der Waals surface area contributed by atoms with Gasteiger partial charge in [0.15, 0.2) is 0 Å². The third-order valence-corrected chi connectivity index (χ3v) is 3.81. The summed E-state index contributed by atoms with van der Waals surface area (Å²) in [7, 11) is 1.90. The summed E-state index contributed by atoms with van der Waals surface area (Å²) < 4.78 is 5.97. The Kier molecular flexibility index (Phi) is 4.84. The van der Waals surface area contributed by atoms with Gasteiger partial charge in [0.25, 0.3) is 0 Å². The van der Waals surface area contributed by atoms with Crippen molar-refractivity contribution in [2.45, 2.75) is 45.3 Å². The molecule has 0 spiro atoms. The van der Waals surface area contributed by atoms with Crippen LogP contribution in [-0.4, -0.2) is 18.1 Å². The molecule has 0 amide bonds. The molecule has 2 atom stereocenters. The van der Waals surface area contributed by atoms with E-state index in [1.54, 1.807) is 0 Å². The first-order valence-corrected chi connectivity index (χ1v) is 7.04. The van der Waals surface area contributed by atoms with Crippen LogP contribution < -0.4 is 10.1 Å². The summed E-state index contributed by atoms with van der Waals surface area (Å²) in [5.74, 6) is 1.17. The van der Waals surface area contributed by atoms with Crippen LogP contribution in [0.25, 0.3) is 0 Å². The minimum atomic E-state index is 0.263. The van der Waals surface area contributed by atoms with Gasteiger partial charge in [-0.15, -0.1) is 0 Å². The van der Waals surface area contributed by atoms with Crippen molar-refractivity contribution in [3.63, 3.8) is 0 Å². The summed E-state index contributed by atoms with van der Waals surface area (Å²) in [6.07, 6.45) is 6.98. The molecular formula is C14H21ClN2O. The normalized spacial score (nSPS) is 23.9. The van der Waals surface area contributed by atoms with Gasteiger partial charge in [0.05, 0.1) is 0 Å². The fraction of sp³-hybridized carbons (Fsp3) is 0.643. The number of halogens is 1. The molecule has 18 heavy (non-hydrogen) atoms. The standard InChI is InChI=1S/C14H21ClN2O/c1-10-5-3-4-6-13(10)18-14-12(15)7-11(8-16-2)9-17-14/h7,9-10,13,16H,3-6,8H2,1-2H3. The van der Waals surface area contributed by atoms with Crippen molar-refractivity contribution in [1.29, 1.82) is 0 Å². The van der Waals surface area contributed by atoms with Crippen LogP contribution in [0.5, 0.6) is 5.88 Å². The number of nitrogens with zero attached hydrogens (tertiary/aromatic N) is 1. The summed E-state index contributed by atoms with van der Waals surface area (Å²) in [5.41, 5.74) is 1.08. The van der Waals surface area contributed by atoms with Gasteiger partial charge in [-0.05, 0) is 43.9 Å². The third kappa shape index (κ3) is 3.36. The van der Waals surface area contributed by atoms with Crippen molar-refractivity contribution in [2.75, 3.05) is 7.05 Å². The van der Waals surface area contributed by atoms with E-state index in [0.717, 1.165) is 18.5 Å². The molecule has 1 aliphatic carbocycles. The summed E-state index contributed by atoms with van der Waals surface area (Å²) in [5, 5.41) is 3.69. The van der Waals surface area contributed by atoms with E-state index in [2.05, 4.69) is 17.2 Å². The first-order chi connectivity index (χ1) is 8.70. The van der Waals surface area contributed by atoms with Crippen molar-refractivity contribution in [3.05, 3.63) is 22.8 Å². The number of hydrogen-bond acceptors (Lipinski definition) is 3. The Morgan fingerprint density at radius 3 is 2.89 bits per heavy atom. The molecule has 1 aromatic heterocycles. The van der Waals surface area contributed by atoms with Crippen LogP contribution in [0.2, 0.25) is 5.02 Å². The topological polar surface area (TPSA) is 34.2 Å². The summed E-state index contributed by atoms with van der Waals surface area (Å²) in [6.45, 7) is 3.01. The molecule has 3 nitrogen and oxygen atoms in total. The molecule has 0 aliphatic heterocycles. The molecule has 1 N–H and O–H groups in total. The minimum absolute atomic E-state index is 0.263.